The van der Waals surface area contributed by atoms with Gasteiger partial charge in [-0.25, -0.2) is 0 Å². The first-order valence-electron chi connectivity index (χ1n) is 14.6. The Labute approximate surface area is 238 Å². The lowest BCUT2D eigenvalue weighted by molar-refractivity contribution is 0.118. The van der Waals surface area contributed by atoms with Crippen LogP contribution in [0.15, 0.2) is 127 Å². The molecule has 5 aromatic rings. The summed E-state index contributed by atoms with van der Waals surface area (Å²) in [6.07, 6.45) is 2.56. The normalized spacial score (nSPS) is 17.0. The lowest BCUT2D eigenvalue weighted by atomic mass is 9.75. The highest BCUT2D eigenvalue weighted by Crippen LogP contribution is 2.50. The van der Waals surface area contributed by atoms with E-state index in [-0.39, 0.29) is 6.04 Å². The summed E-state index contributed by atoms with van der Waals surface area (Å²) >= 11 is 0. The van der Waals surface area contributed by atoms with Gasteiger partial charge >= 0.3 is 0 Å². The Morgan fingerprint density at radius 1 is 0.675 bits per heavy atom. The third-order valence-electron chi connectivity index (χ3n) is 8.99. The van der Waals surface area contributed by atoms with Crippen molar-refractivity contribution >= 4 is 5.69 Å². The average Bonchev–Trinajstić information content (AvgIpc) is 3.77. The van der Waals surface area contributed by atoms with Crippen molar-refractivity contribution in [3.63, 3.8) is 0 Å². The first-order valence-corrected chi connectivity index (χ1v) is 14.6. The molecule has 1 unspecified atom stereocenters. The van der Waals surface area contributed by atoms with Crippen LogP contribution < -0.4 is 5.32 Å². The van der Waals surface area contributed by atoms with E-state index in [1.54, 1.807) is 0 Å². The van der Waals surface area contributed by atoms with E-state index in [1.807, 2.05) is 0 Å². The summed E-state index contributed by atoms with van der Waals surface area (Å²) in [5.41, 5.74) is 11.5. The zero-order chi connectivity index (χ0) is 27.1. The van der Waals surface area contributed by atoms with Gasteiger partial charge in [0.1, 0.15) is 0 Å². The SMILES string of the molecule is Cc1c(NC2CC2)cccc1-c1ccc2c(c1)CN(C(c1ccccc1)(c1ccccc1)c1ccccc1)C2C. The first kappa shape index (κ1) is 24.9. The van der Waals surface area contributed by atoms with Gasteiger partial charge in [0.2, 0.25) is 0 Å². The molecule has 7 rings (SSSR count). The largest absolute Gasteiger partial charge is 0.382 e. The van der Waals surface area contributed by atoms with Crippen LogP contribution >= 0.6 is 0 Å². The zero-order valence-corrected chi connectivity index (χ0v) is 23.3. The molecule has 0 spiro atoms. The van der Waals surface area contributed by atoms with Crippen molar-refractivity contribution in [1.82, 2.24) is 4.90 Å². The average molecular weight is 521 g/mol. The Morgan fingerprint density at radius 2 is 1.25 bits per heavy atom. The minimum Gasteiger partial charge on any atom is -0.382 e. The summed E-state index contributed by atoms with van der Waals surface area (Å²) in [7, 11) is 0. The van der Waals surface area contributed by atoms with Crippen molar-refractivity contribution in [3.8, 4) is 11.1 Å². The standard InChI is InChI=1S/C38H36N2/c1-27-35(19-12-20-37(27)39-34-22-23-34)29-21-24-36-28(2)40(26-30(36)25-29)38(31-13-6-3-7-14-31,32-15-8-4-9-16-32)33-17-10-5-11-18-33/h3-21,24-25,28,34,39H,22-23,26H2,1-2H3. The van der Waals surface area contributed by atoms with Crippen LogP contribution in [0.4, 0.5) is 5.69 Å². The van der Waals surface area contributed by atoms with Crippen LogP contribution in [0.1, 0.15) is 59.2 Å². The molecule has 1 aliphatic carbocycles. The molecule has 1 heterocycles. The second-order valence-corrected chi connectivity index (χ2v) is 11.4. The fourth-order valence-electron chi connectivity index (χ4n) is 6.80. The Hall–Kier alpha value is -4.14. The number of anilines is 1. The molecule has 0 amide bonds. The molecular weight excluding hydrogens is 484 g/mol. The maximum absolute atomic E-state index is 3.73. The van der Waals surface area contributed by atoms with Crippen LogP contribution in [-0.2, 0) is 12.1 Å². The summed E-state index contributed by atoms with van der Waals surface area (Å²) in [5.74, 6) is 0. The summed E-state index contributed by atoms with van der Waals surface area (Å²) < 4.78 is 0. The molecule has 5 aromatic carbocycles. The lowest BCUT2D eigenvalue weighted by Crippen LogP contribution is -2.46. The van der Waals surface area contributed by atoms with Crippen LogP contribution in [0, 0.1) is 6.92 Å². The molecule has 1 aliphatic heterocycles. The number of rotatable bonds is 7. The van der Waals surface area contributed by atoms with E-state index < -0.39 is 5.54 Å². The van der Waals surface area contributed by atoms with Gasteiger partial charge in [-0.3, -0.25) is 4.90 Å². The van der Waals surface area contributed by atoms with Crippen molar-refractivity contribution in [2.75, 3.05) is 5.32 Å². The maximum Gasteiger partial charge on any atom is 0.0980 e. The number of nitrogens with one attached hydrogen (secondary N) is 1. The molecule has 1 fully saturated rings. The van der Waals surface area contributed by atoms with Gasteiger partial charge in [-0.05, 0) is 83.3 Å². The molecule has 0 radical (unpaired) electrons. The highest BCUT2D eigenvalue weighted by molar-refractivity contribution is 5.75. The minimum atomic E-state index is -0.424. The van der Waals surface area contributed by atoms with Gasteiger partial charge in [-0.2, -0.15) is 0 Å². The molecule has 0 aromatic heterocycles. The van der Waals surface area contributed by atoms with Gasteiger partial charge in [0.05, 0.1) is 5.54 Å². The van der Waals surface area contributed by atoms with Crippen molar-refractivity contribution in [1.29, 1.82) is 0 Å². The van der Waals surface area contributed by atoms with Crippen molar-refractivity contribution in [2.45, 2.75) is 50.9 Å². The summed E-state index contributed by atoms with van der Waals surface area (Å²) in [4.78, 5) is 2.71. The molecule has 0 bridgehead atoms. The van der Waals surface area contributed by atoms with E-state index in [0.29, 0.717) is 6.04 Å². The highest BCUT2D eigenvalue weighted by atomic mass is 15.2. The predicted molar refractivity (Wildman–Crippen MR) is 166 cm³/mol. The van der Waals surface area contributed by atoms with E-state index in [4.69, 9.17) is 0 Å². The molecule has 0 saturated heterocycles. The van der Waals surface area contributed by atoms with E-state index in [9.17, 15) is 0 Å². The smallest absolute Gasteiger partial charge is 0.0980 e. The third-order valence-corrected chi connectivity index (χ3v) is 8.99. The molecule has 2 heteroatoms. The Morgan fingerprint density at radius 3 is 1.80 bits per heavy atom. The molecule has 2 nitrogen and oxygen atoms in total. The zero-order valence-electron chi connectivity index (χ0n) is 23.3. The summed E-state index contributed by atoms with van der Waals surface area (Å²) in [6.45, 7) is 5.51. The molecule has 1 N–H and O–H groups in total. The topological polar surface area (TPSA) is 15.3 Å². The van der Waals surface area contributed by atoms with Gasteiger partial charge in [-0.1, -0.05) is 115 Å². The first-order chi connectivity index (χ1) is 19.7. The van der Waals surface area contributed by atoms with E-state index >= 15 is 0 Å². The van der Waals surface area contributed by atoms with Crippen LogP contribution in [0.5, 0.6) is 0 Å². The second-order valence-electron chi connectivity index (χ2n) is 11.4. The molecule has 2 aliphatic rings. The molecule has 1 atom stereocenters. The van der Waals surface area contributed by atoms with Gasteiger partial charge in [0, 0.05) is 24.3 Å². The quantitative estimate of drug-likeness (QED) is 0.215. The Bertz CT molecular complexity index is 1520. The van der Waals surface area contributed by atoms with Gasteiger partial charge in [0.25, 0.3) is 0 Å². The van der Waals surface area contributed by atoms with E-state index in [1.165, 1.54) is 63.0 Å². The predicted octanol–water partition coefficient (Wildman–Crippen LogP) is 9.11. The van der Waals surface area contributed by atoms with Gasteiger partial charge in [-0.15, -0.1) is 0 Å². The van der Waals surface area contributed by atoms with Crippen molar-refractivity contribution < 1.29 is 0 Å². The fraction of sp³-hybridized carbons (Fsp3) is 0.211. The van der Waals surface area contributed by atoms with E-state index in [2.05, 4.69) is 151 Å². The summed E-state index contributed by atoms with van der Waals surface area (Å²) in [6, 6.07) is 47.9. The number of hydrogen-bond donors (Lipinski definition) is 1. The molecule has 1 saturated carbocycles. The minimum absolute atomic E-state index is 0.244. The third kappa shape index (κ3) is 4.15. The molecule has 40 heavy (non-hydrogen) atoms. The lowest BCUT2D eigenvalue weighted by Gasteiger charge is -2.46. The summed E-state index contributed by atoms with van der Waals surface area (Å²) in [5, 5.41) is 3.73. The number of hydrogen-bond acceptors (Lipinski definition) is 2. The fourth-order valence-corrected chi connectivity index (χ4v) is 6.80. The van der Waals surface area contributed by atoms with Gasteiger partial charge in [0.15, 0.2) is 0 Å². The molecule has 198 valence electrons. The van der Waals surface area contributed by atoms with Crippen molar-refractivity contribution in [3.05, 3.63) is 161 Å². The number of benzene rings is 5. The number of fused-ring (bicyclic) bond motifs is 1. The van der Waals surface area contributed by atoms with Crippen molar-refractivity contribution in [2.24, 2.45) is 0 Å². The second kappa shape index (κ2) is 10.1. The van der Waals surface area contributed by atoms with Crippen LogP contribution in [0.2, 0.25) is 0 Å². The Kier molecular flexibility index (Phi) is 6.29. The van der Waals surface area contributed by atoms with Crippen LogP contribution in [0.25, 0.3) is 11.1 Å². The van der Waals surface area contributed by atoms with Crippen LogP contribution in [0.3, 0.4) is 0 Å². The van der Waals surface area contributed by atoms with Gasteiger partial charge < -0.3 is 5.32 Å². The highest BCUT2D eigenvalue weighted by Gasteiger charge is 2.47. The maximum atomic E-state index is 3.73. The molecular formula is C38H36N2. The Balaban J connectivity index is 1.36. The number of nitrogens with zero attached hydrogens (tertiary/aromatic N) is 1. The monoisotopic (exact) mass is 520 g/mol. The van der Waals surface area contributed by atoms with Crippen LogP contribution in [-0.4, -0.2) is 10.9 Å². The van der Waals surface area contributed by atoms with E-state index in [0.717, 1.165) is 6.54 Å².